The summed E-state index contributed by atoms with van der Waals surface area (Å²) < 4.78 is 37.2. The molecule has 0 aliphatic carbocycles. The molecule has 2 aromatic carbocycles. The standard InChI is InChI=1S/C27H25FNO7P/c1-5-27(25(30)31,37(33)34)26(4,32)23-19(16-6-9-18(28)10-7-16)13-20(29-24(23)15(2)3)17-8-11-21-22(12-17)36-14-35-21/h1,6-13,15,32,37H,14H2,2-4H3,(H,30,31)(H,33,34). The molecule has 3 N–H and O–H groups in total. The van der Waals surface area contributed by atoms with E-state index in [2.05, 4.69) is 0 Å². The number of rotatable bonds is 7. The van der Waals surface area contributed by atoms with Crippen molar-refractivity contribution in [2.24, 2.45) is 0 Å². The molecule has 0 saturated heterocycles. The Morgan fingerprint density at radius 2 is 1.76 bits per heavy atom. The largest absolute Gasteiger partial charge is 0.480 e. The summed E-state index contributed by atoms with van der Waals surface area (Å²) in [6.45, 7) is 4.73. The number of fused-ring (bicyclic) bond motifs is 1. The molecular formula is C27H25FNO7P. The molecule has 1 aromatic heterocycles. The molecule has 3 unspecified atom stereocenters. The van der Waals surface area contributed by atoms with E-state index in [-0.39, 0.29) is 29.5 Å². The monoisotopic (exact) mass is 525 g/mol. The second kappa shape index (κ2) is 9.64. The quantitative estimate of drug-likeness (QED) is 0.303. The Morgan fingerprint density at radius 1 is 1.14 bits per heavy atom. The van der Waals surface area contributed by atoms with Crippen molar-refractivity contribution in [2.45, 2.75) is 37.4 Å². The highest BCUT2D eigenvalue weighted by atomic mass is 31.1. The van der Waals surface area contributed by atoms with Gasteiger partial charge in [-0.05, 0) is 60.4 Å². The van der Waals surface area contributed by atoms with Crippen LogP contribution in [-0.4, -0.2) is 38.0 Å². The summed E-state index contributed by atoms with van der Waals surface area (Å²) in [5.41, 5.74) is -0.563. The topological polar surface area (TPSA) is 126 Å². The van der Waals surface area contributed by atoms with E-state index >= 15 is 0 Å². The molecule has 4 rings (SSSR count). The zero-order valence-corrected chi connectivity index (χ0v) is 21.3. The molecule has 1 aliphatic rings. The van der Waals surface area contributed by atoms with E-state index < -0.39 is 30.6 Å². The summed E-state index contributed by atoms with van der Waals surface area (Å²) in [4.78, 5) is 27.2. The van der Waals surface area contributed by atoms with Gasteiger partial charge in [0.15, 0.2) is 11.5 Å². The Morgan fingerprint density at radius 3 is 2.32 bits per heavy atom. The molecule has 0 fully saturated rings. The number of carboxylic acids is 1. The summed E-state index contributed by atoms with van der Waals surface area (Å²) >= 11 is 0. The number of carbonyl (C=O) groups is 1. The van der Waals surface area contributed by atoms with Gasteiger partial charge in [0.1, 0.15) is 11.4 Å². The number of hydrogen-bond donors (Lipinski definition) is 3. The van der Waals surface area contributed by atoms with Gasteiger partial charge in [-0.15, -0.1) is 6.42 Å². The van der Waals surface area contributed by atoms with Crippen molar-refractivity contribution in [1.82, 2.24) is 4.98 Å². The van der Waals surface area contributed by atoms with Crippen LogP contribution in [-0.2, 0) is 15.0 Å². The Labute approximate surface area is 213 Å². The third-order valence-electron chi connectivity index (χ3n) is 6.49. The van der Waals surface area contributed by atoms with Crippen LogP contribution in [0.1, 0.15) is 37.9 Å². The minimum atomic E-state index is -4.06. The number of terminal acetylenes is 1. The molecule has 0 saturated carbocycles. The number of aromatic nitrogens is 1. The first-order valence-electron chi connectivity index (χ1n) is 11.3. The van der Waals surface area contributed by atoms with Gasteiger partial charge in [0.05, 0.1) is 11.4 Å². The molecule has 0 spiro atoms. The molecular weight excluding hydrogens is 500 g/mol. The van der Waals surface area contributed by atoms with E-state index in [1.165, 1.54) is 24.3 Å². The molecule has 37 heavy (non-hydrogen) atoms. The Kier molecular flexibility index (Phi) is 6.87. The lowest BCUT2D eigenvalue weighted by Gasteiger charge is -2.39. The normalized spacial score (nSPS) is 16.5. The Balaban J connectivity index is 2.10. The zero-order chi connectivity index (χ0) is 27.1. The van der Waals surface area contributed by atoms with Crippen LogP contribution < -0.4 is 9.47 Å². The Hall–Kier alpha value is -3.70. The maximum Gasteiger partial charge on any atom is 0.335 e. The fourth-order valence-corrected chi connectivity index (χ4v) is 5.36. The predicted molar refractivity (Wildman–Crippen MR) is 135 cm³/mol. The van der Waals surface area contributed by atoms with E-state index in [1.54, 1.807) is 38.1 Å². The van der Waals surface area contributed by atoms with Crippen LogP contribution >= 0.6 is 8.03 Å². The number of pyridine rings is 1. The second-order valence-corrected chi connectivity index (χ2v) is 10.5. The lowest BCUT2D eigenvalue weighted by molar-refractivity contribution is -0.145. The minimum absolute atomic E-state index is 0.0358. The van der Waals surface area contributed by atoms with Crippen molar-refractivity contribution >= 4 is 14.0 Å². The first-order chi connectivity index (χ1) is 17.4. The number of aliphatic hydroxyl groups is 1. The highest BCUT2D eigenvalue weighted by molar-refractivity contribution is 7.42. The molecule has 0 amide bonds. The molecule has 2 heterocycles. The molecule has 3 atom stereocenters. The number of aliphatic carboxylic acids is 1. The van der Waals surface area contributed by atoms with Crippen LogP contribution in [0.15, 0.2) is 48.5 Å². The second-order valence-electron chi connectivity index (χ2n) is 9.12. The summed E-state index contributed by atoms with van der Waals surface area (Å²) in [7, 11) is -4.06. The maximum absolute atomic E-state index is 13.8. The van der Waals surface area contributed by atoms with Gasteiger partial charge < -0.3 is 24.6 Å². The molecule has 0 radical (unpaired) electrons. The molecule has 192 valence electrons. The first kappa shape index (κ1) is 26.4. The van der Waals surface area contributed by atoms with E-state index in [1.807, 2.05) is 5.92 Å². The predicted octanol–water partition coefficient (Wildman–Crippen LogP) is 4.54. The van der Waals surface area contributed by atoms with Crippen LogP contribution in [0.5, 0.6) is 11.5 Å². The van der Waals surface area contributed by atoms with Crippen molar-refractivity contribution in [3.05, 3.63) is 65.6 Å². The van der Waals surface area contributed by atoms with Gasteiger partial charge in [0, 0.05) is 11.1 Å². The lowest BCUT2D eigenvalue weighted by Crippen LogP contribution is -2.53. The van der Waals surface area contributed by atoms with E-state index in [4.69, 9.17) is 20.9 Å². The highest BCUT2D eigenvalue weighted by Crippen LogP contribution is 2.53. The lowest BCUT2D eigenvalue weighted by atomic mass is 9.76. The fourth-order valence-electron chi connectivity index (χ4n) is 4.51. The minimum Gasteiger partial charge on any atom is -0.480 e. The van der Waals surface area contributed by atoms with Crippen molar-refractivity contribution in [3.63, 3.8) is 0 Å². The number of benzene rings is 2. The van der Waals surface area contributed by atoms with Gasteiger partial charge in [-0.1, -0.05) is 31.9 Å². The van der Waals surface area contributed by atoms with E-state index in [0.29, 0.717) is 28.3 Å². The average Bonchev–Trinajstić information content (AvgIpc) is 3.31. The van der Waals surface area contributed by atoms with Crippen molar-refractivity contribution in [3.8, 4) is 46.2 Å². The fraction of sp³-hybridized carbons (Fsp3) is 0.259. The van der Waals surface area contributed by atoms with E-state index in [0.717, 1.165) is 6.92 Å². The average molecular weight is 525 g/mol. The van der Waals surface area contributed by atoms with Gasteiger partial charge in [-0.3, -0.25) is 9.55 Å². The third-order valence-corrected chi connectivity index (χ3v) is 7.98. The zero-order valence-electron chi connectivity index (χ0n) is 20.3. The van der Waals surface area contributed by atoms with Crippen molar-refractivity contribution in [1.29, 1.82) is 0 Å². The molecule has 8 nitrogen and oxygen atoms in total. The summed E-state index contributed by atoms with van der Waals surface area (Å²) in [6, 6.07) is 12.2. The van der Waals surface area contributed by atoms with Gasteiger partial charge in [0.25, 0.3) is 0 Å². The van der Waals surface area contributed by atoms with Gasteiger partial charge in [-0.2, -0.15) is 0 Å². The van der Waals surface area contributed by atoms with Crippen molar-refractivity contribution in [2.75, 3.05) is 6.79 Å². The summed E-state index contributed by atoms with van der Waals surface area (Å²) in [5.74, 6) is 0.259. The summed E-state index contributed by atoms with van der Waals surface area (Å²) in [6.07, 6.45) is 5.52. The number of hydrogen-bond acceptors (Lipinski definition) is 6. The molecule has 3 aromatic rings. The molecule has 1 aliphatic heterocycles. The molecule has 0 bridgehead atoms. The van der Waals surface area contributed by atoms with Crippen molar-refractivity contribution < 1.29 is 38.3 Å². The Bertz CT molecular complexity index is 1430. The SMILES string of the molecule is C#CC(C(=O)O)([PH](=O)O)C(C)(O)c1c(-c2ccc(F)cc2)cc(-c2ccc3c(c2)OCO3)nc1C(C)C. The number of ether oxygens (including phenoxy) is 2. The number of nitrogens with zero attached hydrogens (tertiary/aromatic N) is 1. The van der Waals surface area contributed by atoms with Gasteiger partial charge in [0.2, 0.25) is 20.0 Å². The number of halogens is 1. The third kappa shape index (κ3) is 4.27. The smallest absolute Gasteiger partial charge is 0.335 e. The van der Waals surface area contributed by atoms with Crippen LogP contribution in [0, 0.1) is 18.2 Å². The highest BCUT2D eigenvalue weighted by Gasteiger charge is 2.60. The van der Waals surface area contributed by atoms with Gasteiger partial charge >= 0.3 is 5.97 Å². The van der Waals surface area contributed by atoms with Gasteiger partial charge in [-0.25, -0.2) is 9.18 Å². The first-order valence-corrected chi connectivity index (χ1v) is 12.7. The van der Waals surface area contributed by atoms with Crippen LogP contribution in [0.4, 0.5) is 4.39 Å². The van der Waals surface area contributed by atoms with Crippen LogP contribution in [0.2, 0.25) is 0 Å². The molecule has 10 heteroatoms. The van der Waals surface area contributed by atoms with Crippen LogP contribution in [0.25, 0.3) is 22.4 Å². The van der Waals surface area contributed by atoms with E-state index in [9.17, 15) is 28.9 Å². The maximum atomic E-state index is 13.8. The van der Waals surface area contributed by atoms with Crippen LogP contribution in [0.3, 0.4) is 0 Å². The summed E-state index contributed by atoms with van der Waals surface area (Å²) in [5, 5.41) is 19.0. The number of carboxylic acid groups (broad SMARTS) is 1.